The van der Waals surface area contributed by atoms with Gasteiger partial charge in [0.25, 0.3) is 0 Å². The fourth-order valence-electron chi connectivity index (χ4n) is 3.33. The molecule has 1 N–H and O–H groups in total. The van der Waals surface area contributed by atoms with E-state index in [4.69, 9.17) is 0 Å². The van der Waals surface area contributed by atoms with Crippen LogP contribution in [0, 0.1) is 0 Å². The molecule has 136 valence electrons. The van der Waals surface area contributed by atoms with Gasteiger partial charge in [-0.05, 0) is 5.56 Å². The number of hydrogen-bond donors (Lipinski definition) is 1. The van der Waals surface area contributed by atoms with Crippen LogP contribution in [0.3, 0.4) is 0 Å². The Labute approximate surface area is 158 Å². The van der Waals surface area contributed by atoms with Gasteiger partial charge in [-0.15, -0.1) is 0 Å². The summed E-state index contributed by atoms with van der Waals surface area (Å²) in [6, 6.07) is 20.1. The highest BCUT2D eigenvalue weighted by molar-refractivity contribution is 5.75. The van der Waals surface area contributed by atoms with E-state index in [1.807, 2.05) is 83.0 Å². The molecule has 1 atom stereocenters. The number of aliphatic hydroxyl groups excluding tert-OH is 1. The molecule has 0 aliphatic heterocycles. The van der Waals surface area contributed by atoms with Crippen LogP contribution in [0.5, 0.6) is 0 Å². The van der Waals surface area contributed by atoms with Crippen molar-refractivity contribution in [2.45, 2.75) is 19.1 Å². The van der Waals surface area contributed by atoms with Gasteiger partial charge < -0.3 is 14.2 Å². The number of nitrogens with zero attached hydrogens (tertiary/aromatic N) is 4. The summed E-state index contributed by atoms with van der Waals surface area (Å²) < 4.78 is 3.97. The lowest BCUT2D eigenvalue weighted by molar-refractivity contribution is 0.154. The zero-order chi connectivity index (χ0) is 18.6. The number of benzene rings is 2. The van der Waals surface area contributed by atoms with Gasteiger partial charge >= 0.3 is 0 Å². The Morgan fingerprint density at radius 1 is 0.963 bits per heavy atom. The van der Waals surface area contributed by atoms with Gasteiger partial charge in [0.2, 0.25) is 0 Å². The van der Waals surface area contributed by atoms with E-state index in [0.717, 1.165) is 28.3 Å². The highest BCUT2D eigenvalue weighted by Gasteiger charge is 2.20. The third-order valence-corrected chi connectivity index (χ3v) is 4.64. The Morgan fingerprint density at radius 2 is 1.67 bits per heavy atom. The van der Waals surface area contributed by atoms with Crippen molar-refractivity contribution in [2.24, 2.45) is 7.05 Å². The lowest BCUT2D eigenvalue weighted by Crippen LogP contribution is -2.19. The molecule has 2 aromatic heterocycles. The number of rotatable bonds is 6. The Morgan fingerprint density at radius 3 is 2.33 bits per heavy atom. The second-order valence-corrected chi connectivity index (χ2v) is 6.67. The molecule has 4 aromatic rings. The standard InChI is InChI=1S/C22H22N4O/c1-25-13-12-23-22(25)21-20(18-10-6-3-7-11-18)24-16-26(21)15-19(27)14-17-8-4-2-5-9-17/h2-13,16,19,27H,14-15H2,1H3/t19-/m1/s1. The van der Waals surface area contributed by atoms with Gasteiger partial charge in [0, 0.05) is 31.4 Å². The quantitative estimate of drug-likeness (QED) is 0.573. The van der Waals surface area contributed by atoms with Crippen LogP contribution in [0.2, 0.25) is 0 Å². The summed E-state index contributed by atoms with van der Waals surface area (Å²) in [7, 11) is 1.97. The summed E-state index contributed by atoms with van der Waals surface area (Å²) in [5, 5.41) is 10.7. The number of imidazole rings is 2. The number of hydrogen-bond acceptors (Lipinski definition) is 3. The van der Waals surface area contributed by atoms with Gasteiger partial charge in [-0.1, -0.05) is 60.7 Å². The average Bonchev–Trinajstić information content (AvgIpc) is 3.29. The van der Waals surface area contributed by atoms with Gasteiger partial charge in [-0.2, -0.15) is 0 Å². The molecule has 0 aliphatic rings. The van der Waals surface area contributed by atoms with Crippen LogP contribution in [0.1, 0.15) is 5.56 Å². The highest BCUT2D eigenvalue weighted by atomic mass is 16.3. The molecule has 2 aromatic carbocycles. The molecule has 27 heavy (non-hydrogen) atoms. The molecule has 0 radical (unpaired) electrons. The molecule has 0 aliphatic carbocycles. The first-order chi connectivity index (χ1) is 13.2. The molecule has 5 nitrogen and oxygen atoms in total. The smallest absolute Gasteiger partial charge is 0.158 e. The van der Waals surface area contributed by atoms with Crippen LogP contribution in [-0.2, 0) is 20.0 Å². The summed E-state index contributed by atoms with van der Waals surface area (Å²) in [5.41, 5.74) is 3.94. The zero-order valence-corrected chi connectivity index (χ0v) is 15.2. The molecule has 0 unspecified atom stereocenters. The van der Waals surface area contributed by atoms with Crippen molar-refractivity contribution >= 4 is 0 Å². The Hall–Kier alpha value is -3.18. The van der Waals surface area contributed by atoms with Gasteiger partial charge in [0.1, 0.15) is 5.69 Å². The molecule has 0 spiro atoms. The molecule has 0 amide bonds. The fourth-order valence-corrected chi connectivity index (χ4v) is 3.33. The minimum absolute atomic E-state index is 0.455. The lowest BCUT2D eigenvalue weighted by atomic mass is 10.1. The second kappa shape index (κ2) is 7.60. The molecule has 2 heterocycles. The number of aromatic nitrogens is 4. The summed E-state index contributed by atoms with van der Waals surface area (Å²) in [4.78, 5) is 9.16. The van der Waals surface area contributed by atoms with Crippen molar-refractivity contribution in [1.82, 2.24) is 19.1 Å². The van der Waals surface area contributed by atoms with Gasteiger partial charge in [-0.3, -0.25) is 0 Å². The van der Waals surface area contributed by atoms with Crippen molar-refractivity contribution in [3.8, 4) is 22.8 Å². The maximum atomic E-state index is 10.7. The van der Waals surface area contributed by atoms with Crippen molar-refractivity contribution in [3.05, 3.63) is 84.9 Å². The monoisotopic (exact) mass is 358 g/mol. The summed E-state index contributed by atoms with van der Waals surface area (Å²) in [6.07, 6.45) is 5.58. The molecular formula is C22H22N4O. The van der Waals surface area contributed by atoms with Gasteiger partial charge in [0.15, 0.2) is 5.82 Å². The maximum absolute atomic E-state index is 10.7. The lowest BCUT2D eigenvalue weighted by Gasteiger charge is -2.15. The van der Waals surface area contributed by atoms with Crippen molar-refractivity contribution in [3.63, 3.8) is 0 Å². The van der Waals surface area contributed by atoms with Crippen molar-refractivity contribution in [1.29, 1.82) is 0 Å². The largest absolute Gasteiger partial charge is 0.391 e. The van der Waals surface area contributed by atoms with E-state index in [-0.39, 0.29) is 0 Å². The van der Waals surface area contributed by atoms with E-state index in [2.05, 4.69) is 9.97 Å². The maximum Gasteiger partial charge on any atom is 0.158 e. The average molecular weight is 358 g/mol. The fraction of sp³-hybridized carbons (Fsp3) is 0.182. The Balaban J connectivity index is 1.69. The molecule has 0 fully saturated rings. The van der Waals surface area contributed by atoms with Crippen molar-refractivity contribution < 1.29 is 5.11 Å². The Bertz CT molecular complexity index is 1010. The van der Waals surface area contributed by atoms with Crippen LogP contribution in [-0.4, -0.2) is 30.3 Å². The van der Waals surface area contributed by atoms with E-state index in [0.29, 0.717) is 13.0 Å². The first-order valence-electron chi connectivity index (χ1n) is 9.02. The summed E-state index contributed by atoms with van der Waals surface area (Å²) in [6.45, 7) is 0.455. The Kier molecular flexibility index (Phi) is 4.85. The molecule has 5 heteroatoms. The first kappa shape index (κ1) is 17.2. The van der Waals surface area contributed by atoms with Crippen LogP contribution in [0.15, 0.2) is 79.4 Å². The van der Waals surface area contributed by atoms with E-state index in [1.54, 1.807) is 12.5 Å². The van der Waals surface area contributed by atoms with Gasteiger partial charge in [0.05, 0.1) is 24.7 Å². The first-order valence-corrected chi connectivity index (χ1v) is 9.02. The molecule has 4 rings (SSSR count). The molecule has 0 saturated heterocycles. The van der Waals surface area contributed by atoms with Crippen LogP contribution >= 0.6 is 0 Å². The van der Waals surface area contributed by atoms with Crippen LogP contribution in [0.25, 0.3) is 22.8 Å². The van der Waals surface area contributed by atoms with E-state index < -0.39 is 6.10 Å². The third-order valence-electron chi connectivity index (χ3n) is 4.64. The predicted octanol–water partition coefficient (Wildman–Crippen LogP) is 3.55. The van der Waals surface area contributed by atoms with Gasteiger partial charge in [-0.25, -0.2) is 9.97 Å². The highest BCUT2D eigenvalue weighted by Crippen LogP contribution is 2.30. The summed E-state index contributed by atoms with van der Waals surface area (Å²) >= 11 is 0. The zero-order valence-electron chi connectivity index (χ0n) is 15.2. The minimum atomic E-state index is -0.510. The number of aliphatic hydroxyl groups is 1. The predicted molar refractivity (Wildman–Crippen MR) is 106 cm³/mol. The molecule has 0 bridgehead atoms. The second-order valence-electron chi connectivity index (χ2n) is 6.67. The van der Waals surface area contributed by atoms with Crippen LogP contribution < -0.4 is 0 Å². The van der Waals surface area contributed by atoms with E-state index in [9.17, 15) is 5.11 Å². The van der Waals surface area contributed by atoms with Crippen molar-refractivity contribution in [2.75, 3.05) is 0 Å². The minimum Gasteiger partial charge on any atom is -0.391 e. The topological polar surface area (TPSA) is 55.9 Å². The number of aryl methyl sites for hydroxylation is 1. The summed E-state index contributed by atoms with van der Waals surface area (Å²) in [5.74, 6) is 0.832. The normalized spacial score (nSPS) is 12.2. The molecular weight excluding hydrogens is 336 g/mol. The van der Waals surface area contributed by atoms with E-state index in [1.165, 1.54) is 0 Å². The van der Waals surface area contributed by atoms with E-state index >= 15 is 0 Å². The molecule has 0 saturated carbocycles. The third kappa shape index (κ3) is 3.68. The van der Waals surface area contributed by atoms with Crippen LogP contribution in [0.4, 0.5) is 0 Å². The SMILES string of the molecule is Cn1ccnc1-c1c(-c2ccccc2)ncn1C[C@H](O)Cc1ccccc1.